The van der Waals surface area contributed by atoms with E-state index < -0.39 is 0 Å². The molecule has 0 spiro atoms. The predicted octanol–water partition coefficient (Wildman–Crippen LogP) is 2.32. The summed E-state index contributed by atoms with van der Waals surface area (Å²) >= 11 is 1.66. The molecular weight excluding hydrogens is 310 g/mol. The van der Waals surface area contributed by atoms with Crippen LogP contribution in [-0.4, -0.2) is 21.9 Å². The molecule has 1 amide bonds. The van der Waals surface area contributed by atoms with Gasteiger partial charge in [0, 0.05) is 23.8 Å². The van der Waals surface area contributed by atoms with E-state index in [9.17, 15) is 9.59 Å². The lowest BCUT2D eigenvalue weighted by Gasteiger charge is -2.17. The summed E-state index contributed by atoms with van der Waals surface area (Å²) in [4.78, 5) is 33.9. The van der Waals surface area contributed by atoms with Gasteiger partial charge >= 0.3 is 0 Å². The summed E-state index contributed by atoms with van der Waals surface area (Å²) in [6.07, 6.45) is 6.22. The molecule has 1 atom stereocenters. The van der Waals surface area contributed by atoms with E-state index in [2.05, 4.69) is 22.2 Å². The lowest BCUT2D eigenvalue weighted by atomic mass is 9.89. The first kappa shape index (κ1) is 14.9. The molecule has 1 fully saturated rings. The standard InChI is InChI=1S/C17H21N3O2S/c1-9-2-5-11-12(8-9)23-17-15(11)16(22)19-13(20-17)6-7-14(21)18-10-3-4-10/h9-10H,2-8H2,1H3,(H,18,21)(H,19,20,22)/t9-/m0/s1. The van der Waals surface area contributed by atoms with Crippen LogP contribution in [0.5, 0.6) is 0 Å². The van der Waals surface area contributed by atoms with Gasteiger partial charge in [-0.25, -0.2) is 4.98 Å². The third kappa shape index (κ3) is 3.04. The van der Waals surface area contributed by atoms with Crippen molar-refractivity contribution in [2.24, 2.45) is 5.92 Å². The van der Waals surface area contributed by atoms with E-state index in [1.54, 1.807) is 11.3 Å². The van der Waals surface area contributed by atoms with Gasteiger partial charge in [0.2, 0.25) is 5.91 Å². The molecule has 0 aromatic carbocycles. The molecule has 2 aromatic heterocycles. The number of nitrogens with zero attached hydrogens (tertiary/aromatic N) is 1. The quantitative estimate of drug-likeness (QED) is 0.903. The number of carbonyl (C=O) groups is 1. The van der Waals surface area contributed by atoms with Gasteiger partial charge in [-0.15, -0.1) is 11.3 Å². The highest BCUT2D eigenvalue weighted by Crippen LogP contribution is 2.35. The summed E-state index contributed by atoms with van der Waals surface area (Å²) in [7, 11) is 0. The lowest BCUT2D eigenvalue weighted by Crippen LogP contribution is -2.26. The van der Waals surface area contributed by atoms with Crippen LogP contribution in [0, 0.1) is 5.92 Å². The molecule has 2 N–H and O–H groups in total. The second-order valence-electron chi connectivity index (χ2n) is 6.89. The van der Waals surface area contributed by atoms with Crippen molar-refractivity contribution in [1.29, 1.82) is 0 Å². The number of amides is 1. The molecule has 122 valence electrons. The van der Waals surface area contributed by atoms with Crippen LogP contribution < -0.4 is 10.9 Å². The zero-order valence-electron chi connectivity index (χ0n) is 13.3. The first-order valence-corrected chi connectivity index (χ1v) is 9.24. The highest BCUT2D eigenvalue weighted by molar-refractivity contribution is 7.18. The zero-order chi connectivity index (χ0) is 16.0. The van der Waals surface area contributed by atoms with Crippen molar-refractivity contribution in [2.45, 2.75) is 57.9 Å². The van der Waals surface area contributed by atoms with Gasteiger partial charge in [-0.05, 0) is 43.6 Å². The van der Waals surface area contributed by atoms with E-state index in [0.29, 0.717) is 30.6 Å². The number of aryl methyl sites for hydroxylation is 2. The lowest BCUT2D eigenvalue weighted by molar-refractivity contribution is -0.121. The van der Waals surface area contributed by atoms with Crippen LogP contribution in [0.25, 0.3) is 10.2 Å². The summed E-state index contributed by atoms with van der Waals surface area (Å²) in [6.45, 7) is 2.26. The minimum atomic E-state index is -0.0420. The number of aromatic amines is 1. The topological polar surface area (TPSA) is 74.8 Å². The number of hydrogen-bond donors (Lipinski definition) is 2. The van der Waals surface area contributed by atoms with E-state index in [1.807, 2.05) is 0 Å². The fourth-order valence-corrected chi connectivity index (χ4v) is 4.67. The number of aromatic nitrogens is 2. The van der Waals surface area contributed by atoms with Crippen LogP contribution in [0.1, 0.15) is 48.9 Å². The Morgan fingerprint density at radius 2 is 2.22 bits per heavy atom. The maximum atomic E-state index is 12.5. The Morgan fingerprint density at radius 1 is 1.39 bits per heavy atom. The number of rotatable bonds is 4. The van der Waals surface area contributed by atoms with Crippen LogP contribution in [0.3, 0.4) is 0 Å². The average Bonchev–Trinajstić information content (AvgIpc) is 3.23. The Morgan fingerprint density at radius 3 is 3.00 bits per heavy atom. The number of hydrogen-bond acceptors (Lipinski definition) is 4. The summed E-state index contributed by atoms with van der Waals surface area (Å²) in [5.41, 5.74) is 1.16. The van der Waals surface area contributed by atoms with E-state index in [1.165, 1.54) is 10.4 Å². The van der Waals surface area contributed by atoms with Crippen molar-refractivity contribution in [3.05, 3.63) is 26.6 Å². The smallest absolute Gasteiger partial charge is 0.259 e. The van der Waals surface area contributed by atoms with Crippen molar-refractivity contribution in [1.82, 2.24) is 15.3 Å². The summed E-state index contributed by atoms with van der Waals surface area (Å²) in [5, 5.41) is 3.75. The first-order valence-electron chi connectivity index (χ1n) is 8.43. The molecule has 0 bridgehead atoms. The predicted molar refractivity (Wildman–Crippen MR) is 90.9 cm³/mol. The minimum absolute atomic E-state index is 0.0420. The molecule has 6 heteroatoms. The van der Waals surface area contributed by atoms with E-state index in [-0.39, 0.29) is 11.5 Å². The highest BCUT2D eigenvalue weighted by atomic mass is 32.1. The minimum Gasteiger partial charge on any atom is -0.353 e. The Kier molecular flexibility index (Phi) is 3.71. The van der Waals surface area contributed by atoms with Gasteiger partial charge in [0.25, 0.3) is 5.56 Å². The van der Waals surface area contributed by atoms with Crippen molar-refractivity contribution >= 4 is 27.5 Å². The maximum Gasteiger partial charge on any atom is 0.259 e. The maximum absolute atomic E-state index is 12.5. The molecule has 4 rings (SSSR count). The van der Waals surface area contributed by atoms with Crippen LogP contribution in [0.15, 0.2) is 4.79 Å². The number of fused-ring (bicyclic) bond motifs is 3. The molecule has 2 aromatic rings. The Bertz CT molecular complexity index is 819. The van der Waals surface area contributed by atoms with Crippen LogP contribution >= 0.6 is 11.3 Å². The van der Waals surface area contributed by atoms with Gasteiger partial charge in [-0.1, -0.05) is 6.92 Å². The van der Waals surface area contributed by atoms with E-state index in [4.69, 9.17) is 0 Å². The largest absolute Gasteiger partial charge is 0.353 e. The fraction of sp³-hybridized carbons (Fsp3) is 0.588. The van der Waals surface area contributed by atoms with E-state index >= 15 is 0 Å². The molecular formula is C17H21N3O2S. The van der Waals surface area contributed by atoms with Crippen molar-refractivity contribution in [3.8, 4) is 0 Å². The second kappa shape index (κ2) is 5.74. The number of carbonyl (C=O) groups excluding carboxylic acids is 1. The van der Waals surface area contributed by atoms with Gasteiger partial charge in [0.15, 0.2) is 0 Å². The highest BCUT2D eigenvalue weighted by Gasteiger charge is 2.24. The molecule has 2 heterocycles. The number of nitrogens with one attached hydrogen (secondary N) is 2. The molecule has 5 nitrogen and oxygen atoms in total. The normalized spacial score (nSPS) is 20.5. The molecule has 0 aliphatic heterocycles. The van der Waals surface area contributed by atoms with Crippen LogP contribution in [0.2, 0.25) is 0 Å². The van der Waals surface area contributed by atoms with Gasteiger partial charge in [-0.2, -0.15) is 0 Å². The summed E-state index contributed by atoms with van der Waals surface area (Å²) < 4.78 is 0. The Balaban J connectivity index is 1.57. The molecule has 2 aliphatic carbocycles. The number of thiophene rings is 1. The van der Waals surface area contributed by atoms with Gasteiger partial charge in [0.05, 0.1) is 5.39 Å². The summed E-state index contributed by atoms with van der Waals surface area (Å²) in [5.74, 6) is 1.36. The van der Waals surface area contributed by atoms with Gasteiger partial charge < -0.3 is 10.3 Å². The van der Waals surface area contributed by atoms with Crippen molar-refractivity contribution in [3.63, 3.8) is 0 Å². The Labute approximate surface area is 138 Å². The Hall–Kier alpha value is -1.69. The summed E-state index contributed by atoms with van der Waals surface area (Å²) in [6, 6.07) is 0.378. The zero-order valence-corrected chi connectivity index (χ0v) is 14.1. The molecule has 0 unspecified atom stereocenters. The third-order valence-electron chi connectivity index (χ3n) is 4.75. The van der Waals surface area contributed by atoms with Crippen LogP contribution in [-0.2, 0) is 24.1 Å². The molecule has 0 saturated heterocycles. The van der Waals surface area contributed by atoms with Crippen molar-refractivity contribution in [2.75, 3.05) is 0 Å². The van der Waals surface area contributed by atoms with Crippen molar-refractivity contribution < 1.29 is 4.79 Å². The first-order chi connectivity index (χ1) is 11.1. The fourth-order valence-electron chi connectivity index (χ4n) is 3.27. The number of H-pyrrole nitrogens is 1. The SMILES string of the molecule is C[C@H]1CCc2c(sc3nc(CCC(=O)NC4CC4)[nH]c(=O)c23)C1. The molecule has 2 aliphatic rings. The third-order valence-corrected chi connectivity index (χ3v) is 5.89. The monoisotopic (exact) mass is 331 g/mol. The van der Waals surface area contributed by atoms with Gasteiger partial charge in [-0.3, -0.25) is 9.59 Å². The van der Waals surface area contributed by atoms with Crippen LogP contribution in [0.4, 0.5) is 0 Å². The molecule has 1 saturated carbocycles. The molecule has 23 heavy (non-hydrogen) atoms. The van der Waals surface area contributed by atoms with Gasteiger partial charge in [0.1, 0.15) is 10.7 Å². The van der Waals surface area contributed by atoms with E-state index in [0.717, 1.165) is 42.3 Å². The molecule has 0 radical (unpaired) electrons. The second-order valence-corrected chi connectivity index (χ2v) is 7.97. The average molecular weight is 331 g/mol.